The van der Waals surface area contributed by atoms with Crippen molar-refractivity contribution in [2.24, 2.45) is 0 Å². The van der Waals surface area contributed by atoms with E-state index >= 15 is 0 Å². The molecule has 0 bridgehead atoms. The number of aliphatic carboxylic acids is 1. The van der Waals surface area contributed by atoms with E-state index < -0.39 is 12.0 Å². The van der Waals surface area contributed by atoms with Crippen molar-refractivity contribution in [3.63, 3.8) is 0 Å². The number of rotatable bonds is 1. The van der Waals surface area contributed by atoms with Gasteiger partial charge in [0.15, 0.2) is 0 Å². The van der Waals surface area contributed by atoms with Crippen LogP contribution < -0.4 is 5.32 Å². The Morgan fingerprint density at radius 2 is 2.67 bits per heavy atom. The Balaban J connectivity index is 2.20. The highest BCUT2D eigenvalue weighted by molar-refractivity contribution is 5.76. The minimum absolute atomic E-state index is 0.526. The first-order chi connectivity index (χ1) is 5.77. The molecule has 2 heterocycles. The third-order valence-corrected chi connectivity index (χ3v) is 1.85. The van der Waals surface area contributed by atoms with Crippen LogP contribution in [0.1, 0.15) is 6.42 Å². The van der Waals surface area contributed by atoms with Crippen LogP contribution in [0.3, 0.4) is 0 Å². The van der Waals surface area contributed by atoms with Crippen LogP contribution in [-0.2, 0) is 11.3 Å². The molecule has 0 saturated carbocycles. The molecule has 0 saturated heterocycles. The molecule has 1 aromatic heterocycles. The molecule has 1 aromatic rings. The number of hydrogen-bond acceptors (Lipinski definition) is 4. The zero-order valence-corrected chi connectivity index (χ0v) is 6.27. The number of carbonyl (C=O) groups is 1. The summed E-state index contributed by atoms with van der Waals surface area (Å²) in [5, 5.41) is 15.3. The largest absolute Gasteiger partial charge is 0.480 e. The van der Waals surface area contributed by atoms with E-state index in [4.69, 9.17) is 5.11 Å². The van der Waals surface area contributed by atoms with Crippen molar-refractivity contribution in [2.45, 2.75) is 19.0 Å². The van der Waals surface area contributed by atoms with E-state index in [1.54, 1.807) is 4.68 Å². The first-order valence-corrected chi connectivity index (χ1v) is 3.64. The molecule has 0 aromatic carbocycles. The van der Waals surface area contributed by atoms with Gasteiger partial charge in [-0.25, -0.2) is 9.48 Å². The van der Waals surface area contributed by atoms with Gasteiger partial charge < -0.3 is 10.4 Å². The van der Waals surface area contributed by atoms with Crippen LogP contribution in [0.15, 0.2) is 6.33 Å². The molecule has 12 heavy (non-hydrogen) atoms. The summed E-state index contributed by atoms with van der Waals surface area (Å²) in [5.74, 6) is -0.307. The van der Waals surface area contributed by atoms with E-state index in [1.165, 1.54) is 6.33 Å². The quantitative estimate of drug-likeness (QED) is 0.593. The summed E-state index contributed by atoms with van der Waals surface area (Å²) in [6.45, 7) is 0.610. The smallest absolute Gasteiger partial charge is 0.326 e. The normalized spacial score (nSPS) is 21.2. The Hall–Kier alpha value is -1.59. The van der Waals surface area contributed by atoms with Crippen LogP contribution in [-0.4, -0.2) is 31.9 Å². The molecule has 0 radical (unpaired) electrons. The third kappa shape index (κ3) is 1.01. The fourth-order valence-electron chi connectivity index (χ4n) is 1.20. The summed E-state index contributed by atoms with van der Waals surface area (Å²) in [7, 11) is 0. The van der Waals surface area contributed by atoms with E-state index in [9.17, 15) is 4.79 Å². The number of anilines is 1. The molecule has 1 aliphatic heterocycles. The van der Waals surface area contributed by atoms with Gasteiger partial charge in [0.1, 0.15) is 12.4 Å². The molecular formula is C6H8N4O2. The highest BCUT2D eigenvalue weighted by Crippen LogP contribution is 2.13. The Morgan fingerprint density at radius 1 is 1.83 bits per heavy atom. The molecule has 2 rings (SSSR count). The minimum Gasteiger partial charge on any atom is -0.480 e. The van der Waals surface area contributed by atoms with Crippen molar-refractivity contribution in [1.29, 1.82) is 0 Å². The van der Waals surface area contributed by atoms with Gasteiger partial charge in [-0.3, -0.25) is 0 Å². The lowest BCUT2D eigenvalue weighted by molar-refractivity contribution is -0.138. The molecule has 6 heteroatoms. The standard InChI is InChI=1S/C6H8N4O2/c11-5(12)4-1-2-10-6(9-4)7-3-8-10/h3-4H,1-2H2,(H,11,12)(H,7,8,9). The maximum Gasteiger partial charge on any atom is 0.326 e. The molecule has 6 nitrogen and oxygen atoms in total. The Bertz CT molecular complexity index is 308. The molecule has 0 amide bonds. The van der Waals surface area contributed by atoms with Crippen molar-refractivity contribution in [3.8, 4) is 0 Å². The molecule has 64 valence electrons. The van der Waals surface area contributed by atoms with Crippen molar-refractivity contribution < 1.29 is 9.90 Å². The topological polar surface area (TPSA) is 80.0 Å². The molecule has 0 fully saturated rings. The third-order valence-electron chi connectivity index (χ3n) is 1.85. The van der Waals surface area contributed by atoms with Crippen molar-refractivity contribution in [3.05, 3.63) is 6.33 Å². The number of aryl methyl sites for hydroxylation is 1. The second-order valence-corrected chi connectivity index (χ2v) is 2.63. The number of carboxylic acid groups (broad SMARTS) is 1. The predicted molar refractivity (Wildman–Crippen MR) is 39.7 cm³/mol. The van der Waals surface area contributed by atoms with Crippen LogP contribution in [0.2, 0.25) is 0 Å². The molecule has 1 atom stereocenters. The SMILES string of the molecule is O=C(O)C1CCn2ncnc2N1. The van der Waals surface area contributed by atoms with Crippen LogP contribution in [0.4, 0.5) is 5.95 Å². The first-order valence-electron chi connectivity index (χ1n) is 3.64. The van der Waals surface area contributed by atoms with Gasteiger partial charge in [0.2, 0.25) is 5.95 Å². The second kappa shape index (κ2) is 2.47. The predicted octanol–water partition coefficient (Wildman–Crippen LogP) is -0.453. The van der Waals surface area contributed by atoms with Gasteiger partial charge in [0.05, 0.1) is 0 Å². The average molecular weight is 168 g/mol. The lowest BCUT2D eigenvalue weighted by Crippen LogP contribution is -2.35. The van der Waals surface area contributed by atoms with Crippen LogP contribution in [0, 0.1) is 0 Å². The van der Waals surface area contributed by atoms with Crippen LogP contribution in [0.5, 0.6) is 0 Å². The van der Waals surface area contributed by atoms with Gasteiger partial charge in [-0.05, 0) is 6.42 Å². The van der Waals surface area contributed by atoms with Gasteiger partial charge in [0.25, 0.3) is 0 Å². The van der Waals surface area contributed by atoms with E-state index in [0.717, 1.165) is 0 Å². The summed E-state index contributed by atoms with van der Waals surface area (Å²) in [6, 6.07) is -0.526. The highest BCUT2D eigenvalue weighted by atomic mass is 16.4. The monoisotopic (exact) mass is 168 g/mol. The van der Waals surface area contributed by atoms with Crippen molar-refractivity contribution >= 4 is 11.9 Å². The van der Waals surface area contributed by atoms with Crippen LogP contribution in [0.25, 0.3) is 0 Å². The Morgan fingerprint density at radius 3 is 3.42 bits per heavy atom. The van der Waals surface area contributed by atoms with Gasteiger partial charge >= 0.3 is 5.97 Å². The first kappa shape index (κ1) is 7.08. The summed E-state index contributed by atoms with van der Waals surface area (Å²) < 4.78 is 1.65. The average Bonchev–Trinajstić information content (AvgIpc) is 2.49. The van der Waals surface area contributed by atoms with E-state index in [0.29, 0.717) is 18.9 Å². The maximum absolute atomic E-state index is 10.6. The van der Waals surface area contributed by atoms with E-state index in [-0.39, 0.29) is 0 Å². The maximum atomic E-state index is 10.6. The fraction of sp³-hybridized carbons (Fsp3) is 0.500. The molecule has 1 aliphatic rings. The van der Waals surface area contributed by atoms with Crippen LogP contribution >= 0.6 is 0 Å². The Kier molecular flexibility index (Phi) is 1.46. The number of fused-ring (bicyclic) bond motifs is 1. The minimum atomic E-state index is -0.843. The lowest BCUT2D eigenvalue weighted by Gasteiger charge is -2.20. The summed E-state index contributed by atoms with van der Waals surface area (Å²) in [5.41, 5.74) is 0. The van der Waals surface area contributed by atoms with Crippen molar-refractivity contribution in [1.82, 2.24) is 14.8 Å². The zero-order chi connectivity index (χ0) is 8.55. The number of nitrogens with one attached hydrogen (secondary N) is 1. The molecule has 1 unspecified atom stereocenters. The number of aromatic nitrogens is 3. The lowest BCUT2D eigenvalue weighted by atomic mass is 10.2. The van der Waals surface area contributed by atoms with Crippen molar-refractivity contribution in [2.75, 3.05) is 5.32 Å². The van der Waals surface area contributed by atoms with E-state index in [2.05, 4.69) is 15.4 Å². The second-order valence-electron chi connectivity index (χ2n) is 2.63. The van der Waals surface area contributed by atoms with Gasteiger partial charge in [-0.1, -0.05) is 0 Å². The number of carboxylic acids is 1. The summed E-state index contributed by atoms with van der Waals surface area (Å²) >= 11 is 0. The summed E-state index contributed by atoms with van der Waals surface area (Å²) in [6.07, 6.45) is 1.96. The zero-order valence-electron chi connectivity index (χ0n) is 6.27. The Labute approximate surface area is 68.2 Å². The van der Waals surface area contributed by atoms with Gasteiger partial charge in [-0.2, -0.15) is 10.1 Å². The highest BCUT2D eigenvalue weighted by Gasteiger charge is 2.23. The van der Waals surface area contributed by atoms with E-state index in [1.807, 2.05) is 0 Å². The number of nitrogens with zero attached hydrogens (tertiary/aromatic N) is 3. The van der Waals surface area contributed by atoms with Gasteiger partial charge in [-0.15, -0.1) is 0 Å². The molecule has 0 aliphatic carbocycles. The molecule has 0 spiro atoms. The molecular weight excluding hydrogens is 160 g/mol. The summed E-state index contributed by atoms with van der Waals surface area (Å²) in [4.78, 5) is 14.4. The van der Waals surface area contributed by atoms with Gasteiger partial charge in [0, 0.05) is 6.54 Å². The fourth-order valence-corrected chi connectivity index (χ4v) is 1.20. The number of hydrogen-bond donors (Lipinski definition) is 2. The molecule has 2 N–H and O–H groups in total.